The van der Waals surface area contributed by atoms with E-state index in [1.807, 2.05) is 0 Å². The van der Waals surface area contributed by atoms with Gasteiger partial charge in [-0.3, -0.25) is 0 Å². The summed E-state index contributed by atoms with van der Waals surface area (Å²) in [5.41, 5.74) is 0.100. The maximum atomic E-state index is 12.9. The number of benzene rings is 1. The summed E-state index contributed by atoms with van der Waals surface area (Å²) in [7, 11) is 0. The topological polar surface area (TPSA) is 0 Å². The molecule has 0 aromatic heterocycles. The minimum atomic E-state index is -4.21. The number of alkyl halides is 5. The van der Waals surface area contributed by atoms with E-state index in [2.05, 4.69) is 0 Å². The van der Waals surface area contributed by atoms with E-state index < -0.39 is 17.2 Å². The van der Waals surface area contributed by atoms with Crippen LogP contribution in [0.15, 0.2) is 24.3 Å². The van der Waals surface area contributed by atoms with Crippen molar-refractivity contribution < 1.29 is 17.6 Å². The van der Waals surface area contributed by atoms with Gasteiger partial charge in [-0.25, -0.2) is 0 Å². The first-order valence-corrected chi connectivity index (χ1v) is 5.08. The van der Waals surface area contributed by atoms with Crippen molar-refractivity contribution in [1.29, 1.82) is 0 Å². The van der Waals surface area contributed by atoms with Gasteiger partial charge in [-0.15, -0.1) is 0 Å². The van der Waals surface area contributed by atoms with E-state index in [1.165, 1.54) is 24.3 Å². The second-order valence-electron chi connectivity index (χ2n) is 3.01. The van der Waals surface area contributed by atoms with Crippen LogP contribution >= 0.6 is 27.5 Å². The number of rotatable bonds is 3. The van der Waals surface area contributed by atoms with Crippen LogP contribution in [-0.2, 0) is 6.42 Å². The Morgan fingerprint density at radius 2 is 1.53 bits per heavy atom. The molecule has 0 aliphatic heterocycles. The predicted octanol–water partition coefficient (Wildman–Crippen LogP) is 4.51. The van der Waals surface area contributed by atoms with E-state index in [0.29, 0.717) is 5.02 Å². The molecular formula is C9H6BrClF4. The summed E-state index contributed by atoms with van der Waals surface area (Å²) in [5, 5.41) is 0.368. The average molecular weight is 305 g/mol. The molecule has 0 nitrogen and oxygen atoms in total. The van der Waals surface area contributed by atoms with Crippen LogP contribution in [0.4, 0.5) is 17.6 Å². The highest BCUT2D eigenvalue weighted by atomic mass is 79.9. The van der Waals surface area contributed by atoms with E-state index in [-0.39, 0.29) is 5.56 Å². The van der Waals surface area contributed by atoms with Crippen LogP contribution in [0, 0.1) is 0 Å². The standard InChI is InChI=1S/C9H6BrClF4/c10-9(14,15)8(12,13)5-6-1-3-7(11)4-2-6/h1-4H,5H2. The molecule has 0 atom stereocenters. The highest BCUT2D eigenvalue weighted by Gasteiger charge is 2.53. The third kappa shape index (κ3) is 3.34. The van der Waals surface area contributed by atoms with Gasteiger partial charge in [0.25, 0.3) is 0 Å². The van der Waals surface area contributed by atoms with Crippen LogP contribution in [0.3, 0.4) is 0 Å². The molecule has 0 unspecified atom stereocenters. The lowest BCUT2D eigenvalue weighted by Gasteiger charge is -2.21. The summed E-state index contributed by atoms with van der Waals surface area (Å²) in [6, 6.07) is 5.32. The van der Waals surface area contributed by atoms with Crippen LogP contribution in [0.1, 0.15) is 5.56 Å². The number of halogens is 6. The molecule has 0 fully saturated rings. The largest absolute Gasteiger partial charge is 0.363 e. The summed E-state index contributed by atoms with van der Waals surface area (Å²) >= 11 is 7.19. The molecule has 0 radical (unpaired) electrons. The minimum Gasteiger partial charge on any atom is -0.198 e. The zero-order valence-electron chi connectivity index (χ0n) is 7.28. The van der Waals surface area contributed by atoms with Crippen LogP contribution < -0.4 is 0 Å². The van der Waals surface area contributed by atoms with Gasteiger partial charge in [-0.05, 0) is 33.6 Å². The molecule has 1 rings (SSSR count). The summed E-state index contributed by atoms with van der Waals surface area (Å²) < 4.78 is 50.6. The highest BCUT2D eigenvalue weighted by molar-refractivity contribution is 9.10. The van der Waals surface area contributed by atoms with E-state index in [9.17, 15) is 17.6 Å². The van der Waals surface area contributed by atoms with Crippen LogP contribution in [0.2, 0.25) is 5.02 Å². The Kier molecular flexibility index (Phi) is 3.66. The fraction of sp³-hybridized carbons (Fsp3) is 0.333. The van der Waals surface area contributed by atoms with Gasteiger partial charge in [0.2, 0.25) is 0 Å². The maximum Gasteiger partial charge on any atom is 0.363 e. The Balaban J connectivity index is 2.82. The Labute approximate surface area is 97.4 Å². The van der Waals surface area contributed by atoms with Crippen molar-refractivity contribution in [3.05, 3.63) is 34.9 Å². The zero-order valence-corrected chi connectivity index (χ0v) is 9.63. The summed E-state index contributed by atoms with van der Waals surface area (Å²) in [6.07, 6.45) is -1.04. The second-order valence-corrected chi connectivity index (χ2v) is 4.44. The fourth-order valence-corrected chi connectivity index (χ4v) is 1.23. The van der Waals surface area contributed by atoms with E-state index in [1.54, 1.807) is 15.9 Å². The molecule has 6 heteroatoms. The first-order valence-electron chi connectivity index (χ1n) is 3.91. The lowest BCUT2D eigenvalue weighted by molar-refractivity contribution is -0.145. The summed E-state index contributed by atoms with van der Waals surface area (Å²) in [6.45, 7) is 0. The highest BCUT2D eigenvalue weighted by Crippen LogP contribution is 2.41. The van der Waals surface area contributed by atoms with E-state index >= 15 is 0 Å². The third-order valence-corrected chi connectivity index (χ3v) is 2.59. The van der Waals surface area contributed by atoms with Gasteiger partial charge in [0.1, 0.15) is 0 Å². The van der Waals surface area contributed by atoms with Crippen molar-refractivity contribution in [3.8, 4) is 0 Å². The van der Waals surface area contributed by atoms with Crippen LogP contribution in [0.5, 0.6) is 0 Å². The normalized spacial score (nSPS) is 12.9. The molecule has 0 aliphatic rings. The number of hydrogen-bond donors (Lipinski definition) is 0. The monoisotopic (exact) mass is 304 g/mol. The van der Waals surface area contributed by atoms with Gasteiger partial charge in [-0.1, -0.05) is 23.7 Å². The van der Waals surface area contributed by atoms with Gasteiger partial charge in [0, 0.05) is 11.4 Å². The Hall–Kier alpha value is -0.290. The van der Waals surface area contributed by atoms with Crippen molar-refractivity contribution >= 4 is 27.5 Å². The van der Waals surface area contributed by atoms with Crippen molar-refractivity contribution in [2.24, 2.45) is 0 Å². The molecule has 0 saturated carbocycles. The SMILES string of the molecule is FC(F)(Br)C(F)(F)Cc1ccc(Cl)cc1. The van der Waals surface area contributed by atoms with Crippen molar-refractivity contribution in [1.82, 2.24) is 0 Å². The second kappa shape index (κ2) is 4.29. The van der Waals surface area contributed by atoms with E-state index in [0.717, 1.165) is 0 Å². The lowest BCUT2D eigenvalue weighted by Crippen LogP contribution is -2.36. The third-order valence-electron chi connectivity index (χ3n) is 1.75. The van der Waals surface area contributed by atoms with Crippen molar-refractivity contribution in [2.75, 3.05) is 0 Å². The summed E-state index contributed by atoms with van der Waals surface area (Å²) in [4.78, 5) is -4.21. The smallest absolute Gasteiger partial charge is 0.198 e. The van der Waals surface area contributed by atoms with Crippen LogP contribution in [0.25, 0.3) is 0 Å². The Bertz CT molecular complexity index is 331. The molecular weight excluding hydrogens is 299 g/mol. The van der Waals surface area contributed by atoms with Gasteiger partial charge < -0.3 is 0 Å². The first kappa shape index (κ1) is 12.8. The quantitative estimate of drug-likeness (QED) is 0.569. The van der Waals surface area contributed by atoms with E-state index in [4.69, 9.17) is 11.6 Å². The first-order chi connectivity index (χ1) is 6.72. The Morgan fingerprint density at radius 1 is 1.07 bits per heavy atom. The molecule has 84 valence electrons. The zero-order chi connectivity index (χ0) is 11.7. The predicted molar refractivity (Wildman–Crippen MR) is 54.0 cm³/mol. The van der Waals surface area contributed by atoms with Crippen molar-refractivity contribution in [3.63, 3.8) is 0 Å². The molecule has 0 heterocycles. The summed E-state index contributed by atoms with van der Waals surface area (Å²) in [5.74, 6) is -4.12. The minimum absolute atomic E-state index is 0.100. The van der Waals surface area contributed by atoms with Gasteiger partial charge in [0.15, 0.2) is 0 Å². The Morgan fingerprint density at radius 3 is 1.93 bits per heavy atom. The van der Waals surface area contributed by atoms with Crippen molar-refractivity contribution in [2.45, 2.75) is 17.2 Å². The molecule has 0 N–H and O–H groups in total. The molecule has 1 aromatic carbocycles. The average Bonchev–Trinajstić information content (AvgIpc) is 2.06. The van der Waals surface area contributed by atoms with Gasteiger partial charge in [-0.2, -0.15) is 17.6 Å². The molecule has 0 spiro atoms. The molecule has 1 aromatic rings. The molecule has 0 amide bonds. The molecule has 15 heavy (non-hydrogen) atoms. The maximum absolute atomic E-state index is 12.9. The number of hydrogen-bond acceptors (Lipinski definition) is 0. The van der Waals surface area contributed by atoms with Gasteiger partial charge in [0.05, 0.1) is 0 Å². The fourth-order valence-electron chi connectivity index (χ4n) is 0.959. The molecule has 0 aliphatic carbocycles. The lowest BCUT2D eigenvalue weighted by atomic mass is 10.1. The molecule has 0 saturated heterocycles. The van der Waals surface area contributed by atoms with Crippen LogP contribution in [-0.4, -0.2) is 10.8 Å². The van der Waals surface area contributed by atoms with Gasteiger partial charge >= 0.3 is 10.8 Å². The molecule has 0 bridgehead atoms.